The van der Waals surface area contributed by atoms with E-state index in [1.165, 1.54) is 13.2 Å². The van der Waals surface area contributed by atoms with Gasteiger partial charge in [0.15, 0.2) is 0 Å². The molecule has 1 aromatic rings. The number of amides is 1. The fraction of sp³-hybridized carbons (Fsp3) is 0.462. The lowest BCUT2D eigenvalue weighted by Gasteiger charge is -2.31. The van der Waals surface area contributed by atoms with Crippen molar-refractivity contribution in [2.24, 2.45) is 0 Å². The van der Waals surface area contributed by atoms with E-state index in [2.05, 4.69) is 5.32 Å². The zero-order chi connectivity index (χ0) is 14.0. The Balaban J connectivity index is 2.13. The van der Waals surface area contributed by atoms with Crippen LogP contribution in [0.1, 0.15) is 12.8 Å². The number of carbonyl (C=O) groups excluding carboxylic acids is 1. The van der Waals surface area contributed by atoms with Crippen LogP contribution in [0.15, 0.2) is 12.1 Å². The van der Waals surface area contributed by atoms with Gasteiger partial charge in [-0.3, -0.25) is 4.79 Å². The molecule has 0 spiro atoms. The summed E-state index contributed by atoms with van der Waals surface area (Å²) in [5, 5.41) is 3.10. The van der Waals surface area contributed by atoms with Crippen LogP contribution in [-0.4, -0.2) is 37.6 Å². The highest BCUT2D eigenvalue weighted by Gasteiger charge is 2.23. The number of piperidine rings is 1. The molecule has 1 unspecified atom stereocenters. The smallest absolute Gasteiger partial charge is 0.222 e. The predicted octanol–water partition coefficient (Wildman–Crippen LogP) is 1.45. The number of likely N-dealkylation sites (N-methyl/N-ethyl adjacent to an activating group) is 1. The van der Waals surface area contributed by atoms with Gasteiger partial charge in [-0.15, -0.1) is 0 Å². The molecule has 1 aliphatic heterocycles. The molecule has 0 radical (unpaired) electrons. The number of anilines is 2. The molecule has 0 bridgehead atoms. The Kier molecular flexibility index (Phi) is 3.78. The molecule has 1 fully saturated rings. The number of likely N-dealkylation sites (tertiary alicyclic amines) is 1. The quantitative estimate of drug-likeness (QED) is 0.813. The van der Waals surface area contributed by atoms with Crippen LogP contribution in [0.25, 0.3) is 0 Å². The maximum atomic E-state index is 13.8. The van der Waals surface area contributed by atoms with Crippen LogP contribution < -0.4 is 15.8 Å². The van der Waals surface area contributed by atoms with E-state index in [0.717, 1.165) is 0 Å². The number of carbonyl (C=O) groups is 1. The second-order valence-corrected chi connectivity index (χ2v) is 4.73. The molecule has 1 aliphatic rings. The van der Waals surface area contributed by atoms with Gasteiger partial charge >= 0.3 is 0 Å². The number of methoxy groups -OCH3 is 1. The van der Waals surface area contributed by atoms with Crippen LogP contribution in [0.2, 0.25) is 0 Å². The molecule has 0 saturated carbocycles. The van der Waals surface area contributed by atoms with Crippen molar-refractivity contribution in [1.82, 2.24) is 4.90 Å². The van der Waals surface area contributed by atoms with Crippen molar-refractivity contribution in [1.29, 1.82) is 0 Å². The van der Waals surface area contributed by atoms with E-state index in [9.17, 15) is 9.18 Å². The molecular formula is C13H18FN3O2. The van der Waals surface area contributed by atoms with Gasteiger partial charge in [-0.05, 0) is 6.42 Å². The summed E-state index contributed by atoms with van der Waals surface area (Å²) >= 11 is 0. The van der Waals surface area contributed by atoms with Gasteiger partial charge in [-0.1, -0.05) is 0 Å². The fourth-order valence-electron chi connectivity index (χ4n) is 2.21. The first-order valence-corrected chi connectivity index (χ1v) is 6.14. The van der Waals surface area contributed by atoms with Crippen molar-refractivity contribution in [2.75, 3.05) is 31.8 Å². The SMILES string of the molecule is COc1cc(NC2CCC(=O)N(C)C2)c(F)cc1N. The Morgan fingerprint density at radius 3 is 2.89 bits per heavy atom. The Morgan fingerprint density at radius 1 is 1.53 bits per heavy atom. The minimum absolute atomic E-state index is 0.0329. The largest absolute Gasteiger partial charge is 0.495 e. The normalized spacial score (nSPS) is 19.4. The van der Waals surface area contributed by atoms with Crippen LogP contribution in [0.3, 0.4) is 0 Å². The molecule has 1 saturated heterocycles. The van der Waals surface area contributed by atoms with Crippen LogP contribution in [0, 0.1) is 5.82 Å². The summed E-state index contributed by atoms with van der Waals surface area (Å²) in [5.41, 5.74) is 6.24. The molecule has 104 valence electrons. The van der Waals surface area contributed by atoms with Gasteiger partial charge in [-0.25, -0.2) is 4.39 Å². The topological polar surface area (TPSA) is 67.6 Å². The molecule has 0 aliphatic carbocycles. The van der Waals surface area contributed by atoms with Gasteiger partial charge in [0.1, 0.15) is 11.6 Å². The highest BCUT2D eigenvalue weighted by Crippen LogP contribution is 2.29. The van der Waals surface area contributed by atoms with Gasteiger partial charge < -0.3 is 20.7 Å². The molecule has 6 heteroatoms. The monoisotopic (exact) mass is 267 g/mol. The molecule has 1 atom stereocenters. The first kappa shape index (κ1) is 13.5. The summed E-state index contributed by atoms with van der Waals surface area (Å²) < 4.78 is 18.9. The number of hydrogen-bond acceptors (Lipinski definition) is 4. The zero-order valence-corrected chi connectivity index (χ0v) is 11.1. The minimum Gasteiger partial charge on any atom is -0.495 e. The van der Waals surface area contributed by atoms with E-state index in [4.69, 9.17) is 10.5 Å². The number of nitrogen functional groups attached to an aromatic ring is 1. The Morgan fingerprint density at radius 2 is 2.26 bits per heavy atom. The van der Waals surface area contributed by atoms with Crippen LogP contribution in [0.4, 0.5) is 15.8 Å². The number of hydrogen-bond donors (Lipinski definition) is 2. The minimum atomic E-state index is -0.419. The van der Waals surface area contributed by atoms with Crippen molar-refractivity contribution in [3.8, 4) is 5.75 Å². The molecule has 5 nitrogen and oxygen atoms in total. The molecule has 1 amide bonds. The molecule has 19 heavy (non-hydrogen) atoms. The Bertz CT molecular complexity index is 493. The van der Waals surface area contributed by atoms with Gasteiger partial charge in [0.2, 0.25) is 5.91 Å². The average Bonchev–Trinajstić information content (AvgIpc) is 2.37. The molecule has 1 heterocycles. The first-order valence-electron chi connectivity index (χ1n) is 6.14. The maximum Gasteiger partial charge on any atom is 0.222 e. The number of ether oxygens (including phenoxy) is 1. The molecule has 3 N–H and O–H groups in total. The van der Waals surface area contributed by atoms with Gasteiger partial charge in [-0.2, -0.15) is 0 Å². The standard InChI is InChI=1S/C13H18FN3O2/c1-17-7-8(3-4-13(17)18)16-11-6-12(19-2)10(15)5-9(11)14/h5-6,8,16H,3-4,7,15H2,1-2H3. The van der Waals surface area contributed by atoms with Crippen molar-refractivity contribution in [3.63, 3.8) is 0 Å². The first-order chi connectivity index (χ1) is 9.01. The summed E-state index contributed by atoms with van der Waals surface area (Å²) in [6.45, 7) is 0.560. The molecule has 2 rings (SSSR count). The van der Waals surface area contributed by atoms with Gasteiger partial charge in [0.05, 0.1) is 18.5 Å². The van der Waals surface area contributed by atoms with Gasteiger partial charge in [0, 0.05) is 38.2 Å². The second kappa shape index (κ2) is 5.34. The lowest BCUT2D eigenvalue weighted by Crippen LogP contribution is -2.43. The number of halogens is 1. The Hall–Kier alpha value is -1.98. The predicted molar refractivity (Wildman–Crippen MR) is 71.6 cm³/mol. The lowest BCUT2D eigenvalue weighted by atomic mass is 10.1. The number of nitrogens with two attached hydrogens (primary N) is 1. The third-order valence-corrected chi connectivity index (χ3v) is 3.31. The third kappa shape index (κ3) is 2.89. The van der Waals surface area contributed by atoms with E-state index in [1.807, 2.05) is 0 Å². The van der Waals surface area contributed by atoms with E-state index >= 15 is 0 Å². The molecule has 0 aromatic heterocycles. The van der Waals surface area contributed by atoms with Gasteiger partial charge in [0.25, 0.3) is 0 Å². The van der Waals surface area contributed by atoms with Crippen molar-refractivity contribution in [3.05, 3.63) is 17.9 Å². The van der Waals surface area contributed by atoms with Crippen LogP contribution in [0.5, 0.6) is 5.75 Å². The number of rotatable bonds is 3. The summed E-state index contributed by atoms with van der Waals surface area (Å²) in [4.78, 5) is 13.0. The number of nitrogens with zero attached hydrogens (tertiary/aromatic N) is 1. The molecular weight excluding hydrogens is 249 g/mol. The van der Waals surface area contributed by atoms with Crippen molar-refractivity contribution >= 4 is 17.3 Å². The highest BCUT2D eigenvalue weighted by molar-refractivity contribution is 5.77. The third-order valence-electron chi connectivity index (χ3n) is 3.31. The maximum absolute atomic E-state index is 13.8. The Labute approximate surface area is 111 Å². The summed E-state index contributed by atoms with van der Waals surface area (Å²) in [7, 11) is 3.23. The summed E-state index contributed by atoms with van der Waals surface area (Å²) in [6.07, 6.45) is 1.16. The summed E-state index contributed by atoms with van der Waals surface area (Å²) in [5.74, 6) is 0.135. The zero-order valence-electron chi connectivity index (χ0n) is 11.1. The van der Waals surface area contributed by atoms with E-state index in [0.29, 0.717) is 30.8 Å². The highest BCUT2D eigenvalue weighted by atomic mass is 19.1. The van der Waals surface area contributed by atoms with E-state index in [1.54, 1.807) is 18.0 Å². The lowest BCUT2D eigenvalue weighted by molar-refractivity contribution is -0.132. The molecule has 1 aromatic carbocycles. The number of benzene rings is 1. The van der Waals surface area contributed by atoms with Crippen LogP contribution in [-0.2, 0) is 4.79 Å². The second-order valence-electron chi connectivity index (χ2n) is 4.73. The van der Waals surface area contributed by atoms with E-state index < -0.39 is 5.82 Å². The average molecular weight is 267 g/mol. The van der Waals surface area contributed by atoms with Crippen molar-refractivity contribution in [2.45, 2.75) is 18.9 Å². The van der Waals surface area contributed by atoms with Crippen LogP contribution >= 0.6 is 0 Å². The van der Waals surface area contributed by atoms with E-state index in [-0.39, 0.29) is 17.6 Å². The summed E-state index contributed by atoms with van der Waals surface area (Å²) in [6, 6.07) is 2.81. The number of nitrogens with one attached hydrogen (secondary N) is 1. The fourth-order valence-corrected chi connectivity index (χ4v) is 2.21. The van der Waals surface area contributed by atoms with Crippen molar-refractivity contribution < 1.29 is 13.9 Å².